The number of hydrogen-bond acceptors (Lipinski definition) is 5. The zero-order chi connectivity index (χ0) is 23.7. The van der Waals surface area contributed by atoms with Gasteiger partial charge in [-0.2, -0.15) is 5.10 Å². The van der Waals surface area contributed by atoms with Crippen molar-refractivity contribution in [2.75, 3.05) is 26.2 Å². The molecule has 6 nitrogen and oxygen atoms in total. The van der Waals surface area contributed by atoms with E-state index in [-0.39, 0.29) is 10.8 Å². The molecule has 0 amide bonds. The second-order valence-electron chi connectivity index (χ2n) is 8.54. The van der Waals surface area contributed by atoms with E-state index < -0.39 is 13.3 Å². The average Bonchev–Trinajstić information content (AvgIpc) is 3.34. The summed E-state index contributed by atoms with van der Waals surface area (Å²) in [6.45, 7) is 1.63. The quantitative estimate of drug-likeness (QED) is 0.338. The molecule has 0 bridgehead atoms. The van der Waals surface area contributed by atoms with E-state index in [2.05, 4.69) is 20.1 Å². The molecule has 2 N–H and O–H groups in total. The molecule has 0 spiro atoms. The Hall–Kier alpha value is -2.97. The van der Waals surface area contributed by atoms with Crippen molar-refractivity contribution in [2.45, 2.75) is 32.6 Å². The molecule has 1 aliphatic heterocycles. The molecule has 0 aliphatic carbocycles. The smallest absolute Gasteiger partial charge is 0.156 e. The number of aromatic nitrogens is 3. The van der Waals surface area contributed by atoms with Gasteiger partial charge in [-0.3, -0.25) is 10.00 Å². The third kappa shape index (κ3) is 4.16. The first-order chi connectivity index (χ1) is 16.6. The fraction of sp³-hybridized carbons (Fsp3) is 0.360. The molecule has 34 heavy (non-hydrogen) atoms. The van der Waals surface area contributed by atoms with Crippen LogP contribution in [0.5, 0.6) is 11.5 Å². The molecule has 2 aromatic carbocycles. The van der Waals surface area contributed by atoms with Crippen LogP contribution in [0, 0.1) is 0 Å². The number of ether oxygens (including phenoxy) is 1. The van der Waals surface area contributed by atoms with Crippen LogP contribution in [0.4, 0.5) is 8.78 Å². The molecule has 2 aromatic heterocycles. The van der Waals surface area contributed by atoms with E-state index in [1.54, 1.807) is 24.4 Å². The molecule has 9 heteroatoms. The van der Waals surface area contributed by atoms with E-state index in [4.69, 9.17) is 16.3 Å². The van der Waals surface area contributed by atoms with Crippen LogP contribution in [-0.4, -0.2) is 51.4 Å². The summed E-state index contributed by atoms with van der Waals surface area (Å²) in [6, 6.07) is 6.23. The molecule has 0 unspecified atom stereocenters. The van der Waals surface area contributed by atoms with Crippen LogP contribution in [0.3, 0.4) is 0 Å². The number of alkyl halides is 2. The standard InChI is InChI=1S/C25H25ClF2N4O2/c26-19-10-15(4-5-20(19)33)24-22-16(12-27)11-21(34-9-8-32-6-2-1-3-7-32)17(13-28)23(22)18-14-29-31-25(18)30-24/h4-5,10-11,14,33H,1-3,6-9,12-13H2,(H,29,30,31). The van der Waals surface area contributed by atoms with E-state index in [0.717, 1.165) is 19.6 Å². The lowest BCUT2D eigenvalue weighted by molar-refractivity contribution is 0.182. The summed E-state index contributed by atoms with van der Waals surface area (Å²) in [5, 5.41) is 18.5. The summed E-state index contributed by atoms with van der Waals surface area (Å²) in [4.78, 5) is 6.98. The van der Waals surface area contributed by atoms with Crippen LogP contribution in [0.2, 0.25) is 5.02 Å². The number of H-pyrrole nitrogens is 1. The lowest BCUT2D eigenvalue weighted by Gasteiger charge is -2.26. The van der Waals surface area contributed by atoms with Gasteiger partial charge in [-0.25, -0.2) is 13.8 Å². The Bertz CT molecular complexity index is 1340. The second kappa shape index (κ2) is 9.72. The number of piperidine rings is 1. The van der Waals surface area contributed by atoms with Crippen molar-refractivity contribution in [3.8, 4) is 22.8 Å². The molecular weight excluding hydrogens is 462 g/mol. The Labute approximate surface area is 200 Å². The third-order valence-corrected chi connectivity index (χ3v) is 6.74. The van der Waals surface area contributed by atoms with E-state index in [1.807, 2.05) is 0 Å². The number of hydrogen-bond donors (Lipinski definition) is 2. The zero-order valence-electron chi connectivity index (χ0n) is 18.6. The van der Waals surface area contributed by atoms with Gasteiger partial charge in [-0.15, -0.1) is 0 Å². The number of halogens is 3. The summed E-state index contributed by atoms with van der Waals surface area (Å²) in [6.07, 6.45) is 5.16. The topological polar surface area (TPSA) is 74.3 Å². The minimum Gasteiger partial charge on any atom is -0.506 e. The molecule has 4 aromatic rings. The third-order valence-electron chi connectivity index (χ3n) is 6.44. The first-order valence-corrected chi connectivity index (χ1v) is 11.8. The van der Waals surface area contributed by atoms with E-state index in [1.165, 1.54) is 25.3 Å². The zero-order valence-corrected chi connectivity index (χ0v) is 19.3. The second-order valence-corrected chi connectivity index (χ2v) is 8.95. The number of benzene rings is 2. The van der Waals surface area contributed by atoms with Crippen molar-refractivity contribution < 1.29 is 18.6 Å². The molecule has 0 saturated carbocycles. The highest BCUT2D eigenvalue weighted by molar-refractivity contribution is 6.32. The van der Waals surface area contributed by atoms with Gasteiger partial charge in [0.2, 0.25) is 0 Å². The van der Waals surface area contributed by atoms with Crippen molar-refractivity contribution in [2.24, 2.45) is 0 Å². The fourth-order valence-corrected chi connectivity index (χ4v) is 4.91. The predicted octanol–water partition coefficient (Wildman–Crippen LogP) is 5.94. The molecule has 1 fully saturated rings. The molecule has 0 atom stereocenters. The maximum atomic E-state index is 14.5. The summed E-state index contributed by atoms with van der Waals surface area (Å²) in [5.74, 6) is 0.264. The number of nitrogens with zero attached hydrogens (tertiary/aromatic N) is 3. The number of pyridine rings is 1. The van der Waals surface area contributed by atoms with Crippen molar-refractivity contribution in [1.82, 2.24) is 20.1 Å². The number of aromatic amines is 1. The molecular formula is C25H25ClF2N4O2. The number of likely N-dealkylation sites (tertiary alicyclic amines) is 1. The predicted molar refractivity (Wildman–Crippen MR) is 129 cm³/mol. The van der Waals surface area contributed by atoms with Crippen LogP contribution < -0.4 is 4.74 Å². The number of nitrogens with one attached hydrogen (secondary N) is 1. The van der Waals surface area contributed by atoms with Crippen LogP contribution in [-0.2, 0) is 13.3 Å². The van der Waals surface area contributed by atoms with Crippen LogP contribution in [0.15, 0.2) is 30.5 Å². The van der Waals surface area contributed by atoms with Gasteiger partial charge >= 0.3 is 0 Å². The van der Waals surface area contributed by atoms with Crippen molar-refractivity contribution in [1.29, 1.82) is 0 Å². The van der Waals surface area contributed by atoms with Crippen LogP contribution >= 0.6 is 11.6 Å². The average molecular weight is 487 g/mol. The largest absolute Gasteiger partial charge is 0.506 e. The highest BCUT2D eigenvalue weighted by Crippen LogP contribution is 2.42. The summed E-state index contributed by atoms with van der Waals surface area (Å²) < 4.78 is 34.9. The molecule has 3 heterocycles. The van der Waals surface area contributed by atoms with Gasteiger partial charge in [0.25, 0.3) is 0 Å². The Morgan fingerprint density at radius 2 is 1.91 bits per heavy atom. The lowest BCUT2D eigenvalue weighted by Crippen LogP contribution is -2.33. The first kappa shape index (κ1) is 22.8. The van der Waals surface area contributed by atoms with Gasteiger partial charge in [0.05, 0.1) is 16.9 Å². The summed E-state index contributed by atoms with van der Waals surface area (Å²) >= 11 is 6.13. The van der Waals surface area contributed by atoms with Crippen LogP contribution in [0.1, 0.15) is 30.4 Å². The van der Waals surface area contributed by atoms with Crippen LogP contribution in [0.25, 0.3) is 33.1 Å². The fourth-order valence-electron chi connectivity index (χ4n) is 4.73. The number of aromatic hydroxyl groups is 1. The lowest BCUT2D eigenvalue weighted by atomic mass is 9.94. The Kier molecular flexibility index (Phi) is 6.52. The van der Waals surface area contributed by atoms with Gasteiger partial charge in [0.1, 0.15) is 31.5 Å². The molecule has 178 valence electrons. The van der Waals surface area contributed by atoms with Crippen molar-refractivity contribution >= 4 is 33.4 Å². The van der Waals surface area contributed by atoms with Gasteiger partial charge < -0.3 is 9.84 Å². The summed E-state index contributed by atoms with van der Waals surface area (Å²) in [7, 11) is 0. The van der Waals surface area contributed by atoms with Crippen molar-refractivity contribution in [3.05, 3.63) is 46.6 Å². The maximum Gasteiger partial charge on any atom is 0.156 e. The first-order valence-electron chi connectivity index (χ1n) is 11.4. The Morgan fingerprint density at radius 1 is 1.09 bits per heavy atom. The van der Waals surface area contributed by atoms with E-state index in [9.17, 15) is 13.9 Å². The highest BCUT2D eigenvalue weighted by Gasteiger charge is 2.22. The van der Waals surface area contributed by atoms with Gasteiger partial charge in [-0.05, 0) is 55.8 Å². The molecule has 1 saturated heterocycles. The van der Waals surface area contributed by atoms with Gasteiger partial charge in [0, 0.05) is 33.8 Å². The summed E-state index contributed by atoms with van der Waals surface area (Å²) in [5.41, 5.74) is 2.12. The van der Waals surface area contributed by atoms with E-state index >= 15 is 0 Å². The minimum absolute atomic E-state index is 0.0723. The Morgan fingerprint density at radius 3 is 2.65 bits per heavy atom. The number of fused-ring (bicyclic) bond motifs is 3. The number of rotatable bonds is 7. The van der Waals surface area contributed by atoms with Crippen molar-refractivity contribution in [3.63, 3.8) is 0 Å². The normalized spacial score (nSPS) is 14.8. The Balaban J connectivity index is 1.65. The van der Waals surface area contributed by atoms with Gasteiger partial charge in [0.15, 0.2) is 5.65 Å². The SMILES string of the molecule is Oc1ccc(-c2nc3[nH]ncc3c3c(CF)c(OCCN4CCCCC4)cc(CF)c23)cc1Cl. The van der Waals surface area contributed by atoms with E-state index in [0.29, 0.717) is 56.5 Å². The monoisotopic (exact) mass is 486 g/mol. The van der Waals surface area contributed by atoms with Gasteiger partial charge in [-0.1, -0.05) is 18.0 Å². The highest BCUT2D eigenvalue weighted by atomic mass is 35.5. The maximum absolute atomic E-state index is 14.5. The molecule has 5 rings (SSSR count). The minimum atomic E-state index is -0.790. The number of phenolic OH excluding ortho intramolecular Hbond substituents is 1. The molecule has 1 aliphatic rings. The number of phenols is 1. The molecule has 0 radical (unpaired) electrons.